The van der Waals surface area contributed by atoms with Crippen molar-refractivity contribution in [1.82, 2.24) is 20.2 Å². The largest absolute Gasteiger partial charge is 0.491 e. The van der Waals surface area contributed by atoms with Crippen LogP contribution in [0.3, 0.4) is 0 Å². The number of hydrogen-bond donors (Lipinski definition) is 2. The van der Waals surface area contributed by atoms with Crippen LogP contribution in [0.2, 0.25) is 0 Å². The van der Waals surface area contributed by atoms with Gasteiger partial charge in [0, 0.05) is 5.56 Å². The molecule has 0 spiro atoms. The van der Waals surface area contributed by atoms with E-state index in [1.165, 1.54) is 11.0 Å². The first kappa shape index (κ1) is 14.8. The number of aromatic nitrogens is 4. The van der Waals surface area contributed by atoms with E-state index < -0.39 is 0 Å². The Bertz CT molecular complexity index is 609. The third kappa shape index (κ3) is 3.68. The van der Waals surface area contributed by atoms with Gasteiger partial charge in [0.05, 0.1) is 6.61 Å². The van der Waals surface area contributed by atoms with E-state index in [0.29, 0.717) is 29.5 Å². The van der Waals surface area contributed by atoms with Crippen molar-refractivity contribution in [2.24, 2.45) is 16.8 Å². The van der Waals surface area contributed by atoms with Crippen molar-refractivity contribution < 1.29 is 9.94 Å². The van der Waals surface area contributed by atoms with Crippen molar-refractivity contribution in [1.29, 1.82) is 0 Å². The SMILES string of the molecule is CC(C)CCOc1ccc(C(N)=NO)cc1-n1cnnn1. The lowest BCUT2D eigenvalue weighted by molar-refractivity contribution is 0.288. The fraction of sp³-hybridized carbons (Fsp3) is 0.385. The van der Waals surface area contributed by atoms with E-state index in [1.807, 2.05) is 0 Å². The Hall–Kier alpha value is -2.64. The molecule has 1 heterocycles. The topological polar surface area (TPSA) is 111 Å². The summed E-state index contributed by atoms with van der Waals surface area (Å²) in [5, 5.41) is 22.8. The summed E-state index contributed by atoms with van der Waals surface area (Å²) in [7, 11) is 0. The molecule has 0 fully saturated rings. The van der Waals surface area contributed by atoms with Gasteiger partial charge >= 0.3 is 0 Å². The van der Waals surface area contributed by atoms with Crippen molar-refractivity contribution in [2.75, 3.05) is 6.61 Å². The molecule has 112 valence electrons. The van der Waals surface area contributed by atoms with Gasteiger partial charge in [-0.25, -0.2) is 0 Å². The molecule has 0 amide bonds. The molecule has 8 nitrogen and oxygen atoms in total. The molecule has 3 N–H and O–H groups in total. The highest BCUT2D eigenvalue weighted by atomic mass is 16.5. The van der Waals surface area contributed by atoms with Gasteiger partial charge in [-0.2, -0.15) is 4.68 Å². The molecule has 1 aromatic carbocycles. The molecule has 21 heavy (non-hydrogen) atoms. The smallest absolute Gasteiger partial charge is 0.170 e. The lowest BCUT2D eigenvalue weighted by Gasteiger charge is -2.13. The fourth-order valence-electron chi connectivity index (χ4n) is 1.71. The maximum absolute atomic E-state index is 8.77. The molecule has 0 radical (unpaired) electrons. The molecular weight excluding hydrogens is 272 g/mol. The molecule has 0 saturated heterocycles. The van der Waals surface area contributed by atoms with Crippen LogP contribution in [0.25, 0.3) is 5.69 Å². The summed E-state index contributed by atoms with van der Waals surface area (Å²) in [6.45, 7) is 4.86. The van der Waals surface area contributed by atoms with Gasteiger partial charge in [0.2, 0.25) is 0 Å². The summed E-state index contributed by atoms with van der Waals surface area (Å²) >= 11 is 0. The lowest BCUT2D eigenvalue weighted by Crippen LogP contribution is -2.14. The molecule has 0 aliphatic heterocycles. The number of hydrogen-bond acceptors (Lipinski definition) is 6. The van der Waals surface area contributed by atoms with Gasteiger partial charge in [0.1, 0.15) is 17.8 Å². The van der Waals surface area contributed by atoms with Crippen LogP contribution in [-0.2, 0) is 0 Å². The molecule has 2 rings (SSSR count). The molecule has 0 atom stereocenters. The third-order valence-corrected chi connectivity index (χ3v) is 2.91. The number of tetrazole rings is 1. The van der Waals surface area contributed by atoms with Crippen LogP contribution in [0, 0.1) is 5.92 Å². The number of amidine groups is 1. The van der Waals surface area contributed by atoms with Crippen molar-refractivity contribution in [3.63, 3.8) is 0 Å². The van der Waals surface area contributed by atoms with Crippen LogP contribution in [0.5, 0.6) is 5.75 Å². The van der Waals surface area contributed by atoms with Gasteiger partial charge in [-0.3, -0.25) is 0 Å². The summed E-state index contributed by atoms with van der Waals surface area (Å²) in [5.74, 6) is 1.20. The average molecular weight is 290 g/mol. The number of nitrogens with zero attached hydrogens (tertiary/aromatic N) is 5. The standard InChI is InChI=1S/C13H18N6O2/c1-9(2)5-6-21-12-4-3-10(13(14)16-20)7-11(12)19-8-15-17-18-19/h3-4,7-9,20H,5-6H2,1-2H3,(H2,14,16). The zero-order chi connectivity index (χ0) is 15.2. The van der Waals surface area contributed by atoms with Crippen LogP contribution >= 0.6 is 0 Å². The number of benzene rings is 1. The predicted molar refractivity (Wildman–Crippen MR) is 76.6 cm³/mol. The Morgan fingerprint density at radius 1 is 1.48 bits per heavy atom. The second-order valence-electron chi connectivity index (χ2n) is 4.95. The molecular formula is C13H18N6O2. The van der Waals surface area contributed by atoms with Crippen molar-refractivity contribution in [3.8, 4) is 11.4 Å². The lowest BCUT2D eigenvalue weighted by atomic mass is 10.1. The Morgan fingerprint density at radius 2 is 2.29 bits per heavy atom. The second kappa shape index (κ2) is 6.69. The van der Waals surface area contributed by atoms with E-state index in [9.17, 15) is 0 Å². The van der Waals surface area contributed by atoms with Crippen molar-refractivity contribution in [2.45, 2.75) is 20.3 Å². The molecule has 0 bridgehead atoms. The van der Waals surface area contributed by atoms with Crippen LogP contribution in [0.4, 0.5) is 0 Å². The van der Waals surface area contributed by atoms with Gasteiger partial charge in [0.25, 0.3) is 0 Å². The van der Waals surface area contributed by atoms with Gasteiger partial charge < -0.3 is 15.7 Å². The van der Waals surface area contributed by atoms with Crippen molar-refractivity contribution in [3.05, 3.63) is 30.1 Å². The first-order chi connectivity index (χ1) is 10.1. The number of oxime groups is 1. The summed E-state index contributed by atoms with van der Waals surface area (Å²) in [6, 6.07) is 5.18. The molecule has 0 saturated carbocycles. The minimum atomic E-state index is 0.0121. The van der Waals surface area contributed by atoms with Gasteiger partial charge in [-0.05, 0) is 41.0 Å². The van der Waals surface area contributed by atoms with E-state index in [-0.39, 0.29) is 5.84 Å². The van der Waals surface area contributed by atoms with Gasteiger partial charge in [0.15, 0.2) is 5.84 Å². The summed E-state index contributed by atoms with van der Waals surface area (Å²) in [6.07, 6.45) is 2.40. The maximum atomic E-state index is 8.77. The highest BCUT2D eigenvalue weighted by molar-refractivity contribution is 5.97. The molecule has 8 heteroatoms. The summed E-state index contributed by atoms with van der Waals surface area (Å²) in [4.78, 5) is 0. The molecule has 1 aromatic heterocycles. The Labute approximate surface area is 122 Å². The number of rotatable bonds is 6. The van der Waals surface area contributed by atoms with Crippen LogP contribution in [0.1, 0.15) is 25.8 Å². The van der Waals surface area contributed by atoms with Crippen LogP contribution < -0.4 is 10.5 Å². The first-order valence-corrected chi connectivity index (χ1v) is 6.60. The first-order valence-electron chi connectivity index (χ1n) is 6.60. The Morgan fingerprint density at radius 3 is 2.90 bits per heavy atom. The Balaban J connectivity index is 2.31. The third-order valence-electron chi connectivity index (χ3n) is 2.91. The highest BCUT2D eigenvalue weighted by Crippen LogP contribution is 2.24. The van der Waals surface area contributed by atoms with E-state index in [0.717, 1.165) is 6.42 Å². The number of nitrogens with two attached hydrogens (primary N) is 1. The van der Waals surface area contributed by atoms with Crippen LogP contribution in [-0.4, -0.2) is 37.9 Å². The zero-order valence-electron chi connectivity index (χ0n) is 12.0. The monoisotopic (exact) mass is 290 g/mol. The maximum Gasteiger partial charge on any atom is 0.170 e. The van der Waals surface area contributed by atoms with Gasteiger partial charge in [-0.1, -0.05) is 19.0 Å². The minimum Gasteiger partial charge on any atom is -0.491 e. The molecule has 2 aromatic rings. The highest BCUT2D eigenvalue weighted by Gasteiger charge is 2.11. The molecule has 0 aliphatic rings. The Kier molecular flexibility index (Phi) is 4.70. The minimum absolute atomic E-state index is 0.0121. The predicted octanol–water partition coefficient (Wildman–Crippen LogP) is 1.18. The normalized spacial score (nSPS) is 11.9. The summed E-state index contributed by atoms with van der Waals surface area (Å²) in [5.41, 5.74) is 6.79. The number of ether oxygens (including phenoxy) is 1. The second-order valence-corrected chi connectivity index (χ2v) is 4.95. The van der Waals surface area contributed by atoms with Gasteiger partial charge in [-0.15, -0.1) is 5.10 Å². The zero-order valence-corrected chi connectivity index (χ0v) is 12.0. The van der Waals surface area contributed by atoms with Crippen LogP contribution in [0.15, 0.2) is 29.7 Å². The van der Waals surface area contributed by atoms with E-state index in [4.69, 9.17) is 15.7 Å². The van der Waals surface area contributed by atoms with E-state index in [2.05, 4.69) is 34.5 Å². The molecule has 0 aliphatic carbocycles. The van der Waals surface area contributed by atoms with Crippen molar-refractivity contribution >= 4 is 5.84 Å². The quantitative estimate of drug-likeness (QED) is 0.357. The average Bonchev–Trinajstić information content (AvgIpc) is 3.00. The fourth-order valence-corrected chi connectivity index (χ4v) is 1.71. The van der Waals surface area contributed by atoms with E-state index in [1.54, 1.807) is 18.2 Å². The summed E-state index contributed by atoms with van der Waals surface area (Å²) < 4.78 is 7.25. The van der Waals surface area contributed by atoms with E-state index >= 15 is 0 Å². The molecule has 0 unspecified atom stereocenters.